The van der Waals surface area contributed by atoms with Gasteiger partial charge in [-0.05, 0) is 31.0 Å². The third-order valence-corrected chi connectivity index (χ3v) is 5.59. The summed E-state index contributed by atoms with van der Waals surface area (Å²) >= 11 is 0. The molecule has 4 heteroatoms. The summed E-state index contributed by atoms with van der Waals surface area (Å²) in [6.45, 7) is 0. The highest BCUT2D eigenvalue weighted by molar-refractivity contribution is 5.99. The van der Waals surface area contributed by atoms with Crippen LogP contribution in [0.3, 0.4) is 0 Å². The third-order valence-electron chi connectivity index (χ3n) is 5.59. The van der Waals surface area contributed by atoms with Gasteiger partial charge in [0.15, 0.2) is 6.23 Å². The highest BCUT2D eigenvalue weighted by Gasteiger charge is 2.43. The van der Waals surface area contributed by atoms with Crippen LogP contribution in [-0.2, 0) is 0 Å². The molecule has 4 nitrogen and oxygen atoms in total. The molecule has 5 rings (SSSR count). The van der Waals surface area contributed by atoms with E-state index in [-0.39, 0.29) is 12.3 Å². The predicted octanol–water partition coefficient (Wildman–Crippen LogP) is 4.73. The van der Waals surface area contributed by atoms with E-state index >= 15 is 0 Å². The Balaban J connectivity index is 1.53. The molecule has 0 radical (unpaired) electrons. The van der Waals surface area contributed by atoms with Crippen LogP contribution in [0.25, 0.3) is 0 Å². The molecule has 3 heterocycles. The molecule has 1 fully saturated rings. The molecule has 2 aromatic rings. The molecule has 1 aromatic carbocycles. The van der Waals surface area contributed by atoms with Gasteiger partial charge in [-0.3, -0.25) is 0 Å². The Labute approximate surface area is 142 Å². The fraction of sp³-hybridized carbons (Fsp3) is 0.450. The fourth-order valence-corrected chi connectivity index (χ4v) is 4.38. The minimum atomic E-state index is 0.0534. The normalized spacial score (nSPS) is 26.5. The predicted molar refractivity (Wildman–Crippen MR) is 91.9 cm³/mol. The summed E-state index contributed by atoms with van der Waals surface area (Å²) in [4.78, 5) is 0. The van der Waals surface area contributed by atoms with Gasteiger partial charge in [0.25, 0.3) is 0 Å². The Morgan fingerprint density at radius 1 is 1.00 bits per heavy atom. The van der Waals surface area contributed by atoms with Crippen LogP contribution in [0.5, 0.6) is 5.75 Å². The molecular formula is C20H22N2O2. The van der Waals surface area contributed by atoms with Gasteiger partial charge in [-0.1, -0.05) is 37.5 Å². The van der Waals surface area contributed by atoms with E-state index in [1.165, 1.54) is 37.7 Å². The summed E-state index contributed by atoms with van der Waals surface area (Å²) in [5, 5.41) is 7.16. The molecule has 24 heavy (non-hydrogen) atoms. The number of benzene rings is 1. The summed E-state index contributed by atoms with van der Waals surface area (Å²) in [5.74, 6) is 2.48. The Bertz CT molecular complexity index is 747. The van der Waals surface area contributed by atoms with E-state index in [4.69, 9.17) is 14.3 Å². The van der Waals surface area contributed by atoms with E-state index in [9.17, 15) is 0 Å². The molecule has 1 aliphatic carbocycles. The van der Waals surface area contributed by atoms with Gasteiger partial charge in [0, 0.05) is 17.9 Å². The van der Waals surface area contributed by atoms with Gasteiger partial charge >= 0.3 is 0 Å². The lowest BCUT2D eigenvalue weighted by molar-refractivity contribution is -0.0643. The van der Waals surface area contributed by atoms with E-state index in [1.807, 2.05) is 12.1 Å². The minimum absolute atomic E-state index is 0.0534. The van der Waals surface area contributed by atoms with Crippen molar-refractivity contribution in [1.29, 1.82) is 0 Å². The maximum Gasteiger partial charge on any atom is 0.190 e. The molecule has 0 saturated heterocycles. The highest BCUT2D eigenvalue weighted by Crippen LogP contribution is 2.46. The number of nitrogens with zero attached hydrogens (tertiary/aromatic N) is 2. The first-order valence-electron chi connectivity index (χ1n) is 9.05. The van der Waals surface area contributed by atoms with Crippen molar-refractivity contribution in [3.05, 3.63) is 54.0 Å². The largest absolute Gasteiger partial charge is 0.468 e. The zero-order valence-corrected chi connectivity index (χ0v) is 13.7. The van der Waals surface area contributed by atoms with Gasteiger partial charge in [0.2, 0.25) is 0 Å². The molecule has 124 valence electrons. The molecule has 0 amide bonds. The first-order valence-corrected chi connectivity index (χ1v) is 9.05. The van der Waals surface area contributed by atoms with E-state index in [2.05, 4.69) is 29.3 Å². The number of rotatable bonds is 2. The number of furan rings is 1. The van der Waals surface area contributed by atoms with Crippen LogP contribution in [0.4, 0.5) is 0 Å². The van der Waals surface area contributed by atoms with Crippen molar-refractivity contribution in [3.63, 3.8) is 0 Å². The lowest BCUT2D eigenvalue weighted by atomic mass is 9.86. The summed E-state index contributed by atoms with van der Waals surface area (Å²) < 4.78 is 12.0. The van der Waals surface area contributed by atoms with Gasteiger partial charge in [-0.25, -0.2) is 5.01 Å². The molecule has 2 atom stereocenters. The molecule has 0 unspecified atom stereocenters. The second-order valence-corrected chi connectivity index (χ2v) is 7.07. The lowest BCUT2D eigenvalue weighted by Gasteiger charge is -2.42. The van der Waals surface area contributed by atoms with Crippen LogP contribution in [0.1, 0.15) is 55.9 Å². The zero-order chi connectivity index (χ0) is 15.9. The summed E-state index contributed by atoms with van der Waals surface area (Å²) in [6, 6.07) is 12.6. The average molecular weight is 322 g/mol. The average Bonchev–Trinajstić information content (AvgIpc) is 3.31. The van der Waals surface area contributed by atoms with Crippen molar-refractivity contribution in [2.24, 2.45) is 11.0 Å². The van der Waals surface area contributed by atoms with Gasteiger partial charge in [0.1, 0.15) is 17.2 Å². The molecule has 1 aromatic heterocycles. The lowest BCUT2D eigenvalue weighted by Crippen LogP contribution is -2.45. The Morgan fingerprint density at radius 3 is 2.71 bits per heavy atom. The summed E-state index contributed by atoms with van der Waals surface area (Å²) in [7, 11) is 0. The van der Waals surface area contributed by atoms with Crippen LogP contribution in [0.2, 0.25) is 0 Å². The topological polar surface area (TPSA) is 38.0 Å². The Kier molecular flexibility index (Phi) is 3.35. The Morgan fingerprint density at radius 2 is 1.88 bits per heavy atom. The van der Waals surface area contributed by atoms with E-state index in [0.717, 1.165) is 23.6 Å². The zero-order valence-electron chi connectivity index (χ0n) is 13.7. The second kappa shape index (κ2) is 5.69. The van der Waals surface area contributed by atoms with Crippen molar-refractivity contribution in [1.82, 2.24) is 5.01 Å². The molecular weight excluding hydrogens is 300 g/mol. The minimum Gasteiger partial charge on any atom is -0.468 e. The number of fused-ring (bicyclic) bond motifs is 3. The molecule has 1 saturated carbocycles. The van der Waals surface area contributed by atoms with Crippen LogP contribution >= 0.6 is 0 Å². The summed E-state index contributed by atoms with van der Waals surface area (Å²) in [6.07, 6.45) is 9.10. The first kappa shape index (κ1) is 14.1. The summed E-state index contributed by atoms with van der Waals surface area (Å²) in [5.41, 5.74) is 2.28. The molecule has 0 spiro atoms. The molecule has 0 N–H and O–H groups in total. The maximum atomic E-state index is 6.44. The number of hydrogen-bond acceptors (Lipinski definition) is 4. The van der Waals surface area contributed by atoms with Crippen LogP contribution in [-0.4, -0.2) is 16.9 Å². The van der Waals surface area contributed by atoms with Crippen LogP contribution < -0.4 is 4.74 Å². The quantitative estimate of drug-likeness (QED) is 0.802. The van der Waals surface area contributed by atoms with Gasteiger partial charge in [0.05, 0.1) is 12.3 Å². The number of para-hydroxylation sites is 1. The van der Waals surface area contributed by atoms with E-state index in [0.29, 0.717) is 5.92 Å². The smallest absolute Gasteiger partial charge is 0.190 e. The van der Waals surface area contributed by atoms with Crippen molar-refractivity contribution in [3.8, 4) is 5.75 Å². The monoisotopic (exact) mass is 322 g/mol. The van der Waals surface area contributed by atoms with Crippen molar-refractivity contribution < 1.29 is 9.15 Å². The first-order chi connectivity index (χ1) is 11.9. The third kappa shape index (κ3) is 2.24. The fourth-order valence-electron chi connectivity index (χ4n) is 4.38. The van der Waals surface area contributed by atoms with Gasteiger partial charge in [-0.2, -0.15) is 5.10 Å². The Hall–Kier alpha value is -2.23. The van der Waals surface area contributed by atoms with Crippen molar-refractivity contribution >= 4 is 5.71 Å². The molecule has 0 bridgehead atoms. The molecule has 3 aliphatic rings. The van der Waals surface area contributed by atoms with Gasteiger partial charge in [-0.15, -0.1) is 0 Å². The van der Waals surface area contributed by atoms with Crippen molar-refractivity contribution in [2.45, 2.75) is 50.8 Å². The highest BCUT2D eigenvalue weighted by atomic mass is 16.5. The SMILES string of the molecule is c1coc(C2=NN3[C@@H](C4CCCCC4)Oc4ccccc4[C@@H]3C2)c1. The maximum absolute atomic E-state index is 6.44. The standard InChI is InChI=1S/C20H22N2O2/c1-2-7-14(8-3-1)20-22-17(15-9-4-5-10-18(15)24-20)13-16(21-22)19-11-6-12-23-19/h4-6,9-12,14,17,20H,1-3,7-8,13H2/t17-,20+/m0/s1. The van der Waals surface area contributed by atoms with Gasteiger partial charge < -0.3 is 9.15 Å². The van der Waals surface area contributed by atoms with Crippen LogP contribution in [0.15, 0.2) is 52.2 Å². The number of ether oxygens (including phenoxy) is 1. The second-order valence-electron chi connectivity index (χ2n) is 7.07. The van der Waals surface area contributed by atoms with E-state index in [1.54, 1.807) is 6.26 Å². The van der Waals surface area contributed by atoms with Crippen LogP contribution in [0, 0.1) is 5.92 Å². The number of hydrogen-bond donors (Lipinski definition) is 0. The van der Waals surface area contributed by atoms with Crippen molar-refractivity contribution in [2.75, 3.05) is 0 Å². The molecule has 2 aliphatic heterocycles. The number of hydrazone groups is 1. The van der Waals surface area contributed by atoms with E-state index < -0.39 is 0 Å².